The average Bonchev–Trinajstić information content (AvgIpc) is 2.42. The Morgan fingerprint density at radius 1 is 1.75 bits per heavy atom. The first-order chi connectivity index (χ1) is 5.66. The van der Waals surface area contributed by atoms with Gasteiger partial charge in [-0.15, -0.1) is 0 Å². The topological polar surface area (TPSA) is 66.0 Å². The molecule has 0 amide bonds. The van der Waals surface area contributed by atoms with E-state index in [1.807, 2.05) is 0 Å². The molecule has 0 aliphatic heterocycles. The van der Waals surface area contributed by atoms with E-state index in [1.54, 1.807) is 0 Å². The summed E-state index contributed by atoms with van der Waals surface area (Å²) in [5.41, 5.74) is 0.862. The number of nitrogens with one attached hydrogen (secondary N) is 1. The molecule has 2 N–H and O–H groups in total. The van der Waals surface area contributed by atoms with Gasteiger partial charge >= 0.3 is 5.97 Å². The van der Waals surface area contributed by atoms with Gasteiger partial charge < -0.3 is 10.1 Å². The fourth-order valence-corrected chi connectivity index (χ4v) is 2.26. The SMILES string of the molecule is O=C(O)c1cc2nc(Br)sc2[nH]1. The molecule has 2 aromatic rings. The zero-order valence-corrected chi connectivity index (χ0v) is 8.07. The summed E-state index contributed by atoms with van der Waals surface area (Å²) < 4.78 is 0.751. The number of hydrogen-bond acceptors (Lipinski definition) is 3. The molecule has 2 rings (SSSR count). The number of aromatic nitrogens is 2. The van der Waals surface area contributed by atoms with Crippen LogP contribution in [0.5, 0.6) is 0 Å². The summed E-state index contributed by atoms with van der Waals surface area (Å²) in [5, 5.41) is 8.61. The van der Waals surface area contributed by atoms with Gasteiger partial charge in [-0.25, -0.2) is 9.78 Å². The van der Waals surface area contributed by atoms with E-state index in [1.165, 1.54) is 17.4 Å². The van der Waals surface area contributed by atoms with Crippen molar-refractivity contribution in [1.82, 2.24) is 9.97 Å². The van der Waals surface area contributed by atoms with E-state index in [2.05, 4.69) is 25.9 Å². The molecule has 0 bridgehead atoms. The summed E-state index contributed by atoms with van der Waals surface area (Å²) >= 11 is 4.58. The van der Waals surface area contributed by atoms with Crippen molar-refractivity contribution in [3.8, 4) is 0 Å². The average molecular weight is 247 g/mol. The lowest BCUT2D eigenvalue weighted by Gasteiger charge is -1.82. The minimum atomic E-state index is -0.962. The predicted octanol–water partition coefficient (Wildman–Crippen LogP) is 2.09. The van der Waals surface area contributed by atoms with Crippen LogP contribution in [0.25, 0.3) is 10.3 Å². The van der Waals surface area contributed by atoms with Gasteiger partial charge in [-0.1, -0.05) is 11.3 Å². The Morgan fingerprint density at radius 2 is 2.50 bits per heavy atom. The van der Waals surface area contributed by atoms with Crippen LogP contribution in [0.4, 0.5) is 0 Å². The molecule has 2 heterocycles. The first-order valence-electron chi connectivity index (χ1n) is 3.05. The molecule has 0 atom stereocenters. The molecular weight excluding hydrogens is 244 g/mol. The number of halogens is 1. The Hall–Kier alpha value is -0.880. The molecule has 6 heteroatoms. The van der Waals surface area contributed by atoms with Crippen molar-refractivity contribution in [2.45, 2.75) is 0 Å². The molecule has 0 aliphatic carbocycles. The van der Waals surface area contributed by atoms with Crippen LogP contribution in [0.15, 0.2) is 9.98 Å². The smallest absolute Gasteiger partial charge is 0.352 e. The van der Waals surface area contributed by atoms with E-state index in [4.69, 9.17) is 5.11 Å². The lowest BCUT2D eigenvalue weighted by Crippen LogP contribution is -1.94. The van der Waals surface area contributed by atoms with Gasteiger partial charge in [0.2, 0.25) is 0 Å². The number of hydrogen-bond donors (Lipinski definition) is 2. The van der Waals surface area contributed by atoms with Crippen molar-refractivity contribution in [2.24, 2.45) is 0 Å². The van der Waals surface area contributed by atoms with Gasteiger partial charge in [0.1, 0.15) is 16.0 Å². The monoisotopic (exact) mass is 246 g/mol. The summed E-state index contributed by atoms with van der Waals surface area (Å²) in [5.74, 6) is -0.962. The largest absolute Gasteiger partial charge is 0.477 e. The fourth-order valence-electron chi connectivity index (χ4n) is 0.902. The van der Waals surface area contributed by atoms with E-state index in [9.17, 15) is 4.79 Å². The first kappa shape index (κ1) is 7.75. The van der Waals surface area contributed by atoms with Crippen LogP contribution < -0.4 is 0 Å². The van der Waals surface area contributed by atoms with Crippen LogP contribution in [0.1, 0.15) is 10.5 Å². The molecule has 0 aliphatic rings. The van der Waals surface area contributed by atoms with E-state index < -0.39 is 5.97 Å². The zero-order chi connectivity index (χ0) is 8.72. The maximum atomic E-state index is 10.5. The van der Waals surface area contributed by atoms with Crippen LogP contribution in [0, 0.1) is 0 Å². The molecule has 12 heavy (non-hydrogen) atoms. The molecule has 0 fully saturated rings. The number of rotatable bonds is 1. The number of fused-ring (bicyclic) bond motifs is 1. The van der Waals surface area contributed by atoms with Gasteiger partial charge in [-0.05, 0) is 22.0 Å². The normalized spacial score (nSPS) is 10.8. The second-order valence-electron chi connectivity index (χ2n) is 2.17. The maximum Gasteiger partial charge on any atom is 0.352 e. The van der Waals surface area contributed by atoms with Crippen molar-refractivity contribution in [1.29, 1.82) is 0 Å². The Kier molecular flexibility index (Phi) is 1.66. The van der Waals surface area contributed by atoms with Crippen LogP contribution in [0.2, 0.25) is 0 Å². The lowest BCUT2D eigenvalue weighted by molar-refractivity contribution is 0.0691. The van der Waals surface area contributed by atoms with Crippen LogP contribution in [0.3, 0.4) is 0 Å². The first-order valence-corrected chi connectivity index (χ1v) is 4.66. The van der Waals surface area contributed by atoms with Crippen LogP contribution in [-0.2, 0) is 0 Å². The van der Waals surface area contributed by atoms with Gasteiger partial charge in [-0.3, -0.25) is 0 Å². The van der Waals surface area contributed by atoms with Crippen molar-refractivity contribution in [2.75, 3.05) is 0 Å². The molecule has 0 radical (unpaired) electrons. The number of aromatic carboxylic acids is 1. The second-order valence-corrected chi connectivity index (χ2v) is 4.44. The van der Waals surface area contributed by atoms with Crippen LogP contribution in [-0.4, -0.2) is 21.0 Å². The molecule has 62 valence electrons. The van der Waals surface area contributed by atoms with E-state index in [0.29, 0.717) is 5.52 Å². The minimum absolute atomic E-state index is 0.177. The summed E-state index contributed by atoms with van der Waals surface area (Å²) in [6, 6.07) is 1.51. The van der Waals surface area contributed by atoms with Gasteiger partial charge in [0.05, 0.1) is 0 Å². The molecule has 0 spiro atoms. The van der Waals surface area contributed by atoms with Gasteiger partial charge in [0, 0.05) is 0 Å². The third-order valence-electron chi connectivity index (χ3n) is 1.39. The lowest BCUT2D eigenvalue weighted by atomic mass is 10.4. The summed E-state index contributed by atoms with van der Waals surface area (Å²) in [6.45, 7) is 0. The number of nitrogens with zero attached hydrogens (tertiary/aromatic N) is 1. The summed E-state index contributed by atoms with van der Waals surface area (Å²) in [6.07, 6.45) is 0. The highest BCUT2D eigenvalue weighted by molar-refractivity contribution is 9.11. The van der Waals surface area contributed by atoms with E-state index in [0.717, 1.165) is 8.75 Å². The maximum absolute atomic E-state index is 10.5. The minimum Gasteiger partial charge on any atom is -0.477 e. The molecule has 0 unspecified atom stereocenters. The Morgan fingerprint density at radius 3 is 3.08 bits per heavy atom. The Bertz CT molecular complexity index is 416. The van der Waals surface area contributed by atoms with Crippen molar-refractivity contribution < 1.29 is 9.90 Å². The Labute approximate surface area is 79.4 Å². The van der Waals surface area contributed by atoms with Crippen molar-refractivity contribution >= 4 is 43.6 Å². The summed E-state index contributed by atoms with van der Waals surface area (Å²) in [7, 11) is 0. The Balaban J connectivity index is 2.64. The molecule has 0 saturated heterocycles. The van der Waals surface area contributed by atoms with E-state index >= 15 is 0 Å². The highest BCUT2D eigenvalue weighted by Crippen LogP contribution is 2.25. The predicted molar refractivity (Wildman–Crippen MR) is 48.6 cm³/mol. The number of aromatic amines is 1. The molecule has 2 aromatic heterocycles. The third-order valence-corrected chi connectivity index (χ3v) is 2.82. The number of carboxylic acid groups (broad SMARTS) is 1. The molecule has 0 saturated carbocycles. The highest BCUT2D eigenvalue weighted by atomic mass is 79.9. The standard InChI is InChI=1S/C6H3BrN2O2S/c7-6-9-2-1-3(5(10)11)8-4(2)12-6/h1,8H,(H,10,11). The van der Waals surface area contributed by atoms with Crippen molar-refractivity contribution in [3.05, 3.63) is 15.7 Å². The summed E-state index contributed by atoms with van der Waals surface area (Å²) in [4.78, 5) is 18.1. The second kappa shape index (κ2) is 2.56. The van der Waals surface area contributed by atoms with E-state index in [-0.39, 0.29) is 5.69 Å². The zero-order valence-electron chi connectivity index (χ0n) is 5.67. The quantitative estimate of drug-likeness (QED) is 0.810. The highest BCUT2D eigenvalue weighted by Gasteiger charge is 2.10. The number of thiazole rings is 1. The third kappa shape index (κ3) is 1.12. The van der Waals surface area contributed by atoms with Crippen molar-refractivity contribution in [3.63, 3.8) is 0 Å². The van der Waals surface area contributed by atoms with Gasteiger partial charge in [-0.2, -0.15) is 0 Å². The van der Waals surface area contributed by atoms with Gasteiger partial charge in [0.15, 0.2) is 3.92 Å². The van der Waals surface area contributed by atoms with Gasteiger partial charge in [0.25, 0.3) is 0 Å². The van der Waals surface area contributed by atoms with Crippen LogP contribution >= 0.6 is 27.3 Å². The fraction of sp³-hybridized carbons (Fsp3) is 0. The molecule has 4 nitrogen and oxygen atoms in total. The molecule has 0 aromatic carbocycles. The number of carbonyl (C=O) groups is 1. The molecular formula is C6H3BrN2O2S. The number of carboxylic acids is 1. The number of H-pyrrole nitrogens is 1.